The van der Waals surface area contributed by atoms with Crippen molar-refractivity contribution in [1.82, 2.24) is 14.5 Å². The summed E-state index contributed by atoms with van der Waals surface area (Å²) < 4.78 is 7.62. The highest BCUT2D eigenvalue weighted by molar-refractivity contribution is 5.79. The van der Waals surface area contributed by atoms with Gasteiger partial charge in [-0.3, -0.25) is 4.79 Å². The van der Waals surface area contributed by atoms with Crippen LogP contribution in [0.1, 0.15) is 17.7 Å². The number of aromatic nitrogens is 2. The molecule has 2 aliphatic heterocycles. The molecule has 1 saturated heterocycles. The van der Waals surface area contributed by atoms with Crippen LogP contribution < -0.4 is 4.90 Å². The molecule has 1 aromatic heterocycles. The average molecular weight is 354 g/mol. The molecule has 1 aromatic carbocycles. The highest BCUT2D eigenvalue weighted by Gasteiger charge is 2.27. The van der Waals surface area contributed by atoms with Crippen LogP contribution in [0.15, 0.2) is 36.8 Å². The van der Waals surface area contributed by atoms with E-state index < -0.39 is 0 Å². The highest BCUT2D eigenvalue weighted by atomic mass is 16.5. The third kappa shape index (κ3) is 3.46. The summed E-state index contributed by atoms with van der Waals surface area (Å²) in [5, 5.41) is 0. The summed E-state index contributed by atoms with van der Waals surface area (Å²) in [6, 6.07) is 8.40. The number of rotatable bonds is 4. The third-order valence-corrected chi connectivity index (χ3v) is 5.45. The number of morpholine rings is 1. The fourth-order valence-corrected chi connectivity index (χ4v) is 3.98. The molecule has 0 aliphatic carbocycles. The van der Waals surface area contributed by atoms with Crippen molar-refractivity contribution in [3.8, 4) is 0 Å². The second-order valence-corrected chi connectivity index (χ2v) is 7.19. The number of hydrogen-bond acceptors (Lipinski definition) is 4. The molecule has 0 spiro atoms. The van der Waals surface area contributed by atoms with E-state index in [-0.39, 0.29) is 11.8 Å². The Bertz CT molecular complexity index is 767. The summed E-state index contributed by atoms with van der Waals surface area (Å²) in [4.78, 5) is 21.4. The van der Waals surface area contributed by atoms with Gasteiger partial charge >= 0.3 is 0 Å². The Labute approximate surface area is 154 Å². The Morgan fingerprint density at radius 2 is 2.08 bits per heavy atom. The molecule has 1 amide bonds. The number of anilines is 1. The maximum absolute atomic E-state index is 13.0. The van der Waals surface area contributed by atoms with Crippen LogP contribution in [0.4, 0.5) is 5.69 Å². The molecule has 4 rings (SSSR count). The van der Waals surface area contributed by atoms with Crippen LogP contribution in [0, 0.1) is 5.92 Å². The number of para-hydroxylation sites is 1. The minimum atomic E-state index is 0.0553. The first kappa shape index (κ1) is 17.1. The number of nitrogens with zero attached hydrogens (tertiary/aromatic N) is 4. The first-order valence-corrected chi connectivity index (χ1v) is 9.37. The van der Waals surface area contributed by atoms with Crippen molar-refractivity contribution in [2.45, 2.75) is 25.9 Å². The number of hydrogen-bond donors (Lipinski definition) is 0. The zero-order valence-electron chi connectivity index (χ0n) is 15.3. The molecule has 0 radical (unpaired) electrons. The van der Waals surface area contributed by atoms with E-state index in [0.717, 1.165) is 51.4 Å². The fraction of sp³-hybridized carbons (Fsp3) is 0.500. The summed E-state index contributed by atoms with van der Waals surface area (Å²) in [7, 11) is 1.92. The summed E-state index contributed by atoms with van der Waals surface area (Å²) >= 11 is 0. The minimum absolute atomic E-state index is 0.0553. The SMILES string of the molecule is CN(Cc1ccccc1N1CCOCC1)C(=O)C1CCn2cncc2C1. The zero-order valence-corrected chi connectivity index (χ0v) is 15.3. The normalized spacial score (nSPS) is 19.9. The standard InChI is InChI=1S/C20H26N4O2/c1-22(20(25)16-6-7-24-15-21-13-18(24)12-16)14-17-4-2-3-5-19(17)23-8-10-26-11-9-23/h2-5,13,15-16H,6-12,14H2,1H3. The van der Waals surface area contributed by atoms with E-state index in [1.165, 1.54) is 11.3 Å². The van der Waals surface area contributed by atoms with E-state index in [1.54, 1.807) is 0 Å². The van der Waals surface area contributed by atoms with Gasteiger partial charge in [0.2, 0.25) is 5.91 Å². The zero-order chi connectivity index (χ0) is 17.9. The van der Waals surface area contributed by atoms with Crippen molar-refractivity contribution in [3.63, 3.8) is 0 Å². The van der Waals surface area contributed by atoms with Crippen LogP contribution in [0.3, 0.4) is 0 Å². The van der Waals surface area contributed by atoms with Gasteiger partial charge in [0.1, 0.15) is 0 Å². The molecule has 0 bridgehead atoms. The molecule has 1 unspecified atom stereocenters. The summed E-state index contributed by atoms with van der Waals surface area (Å²) in [6.07, 6.45) is 5.41. The van der Waals surface area contributed by atoms with Gasteiger partial charge in [0.05, 0.1) is 19.5 Å². The van der Waals surface area contributed by atoms with Gasteiger partial charge in [0.15, 0.2) is 0 Å². The van der Waals surface area contributed by atoms with Crippen LogP contribution in [0.5, 0.6) is 0 Å². The molecule has 0 N–H and O–H groups in total. The van der Waals surface area contributed by atoms with Crippen molar-refractivity contribution >= 4 is 11.6 Å². The van der Waals surface area contributed by atoms with E-state index in [4.69, 9.17) is 4.74 Å². The number of benzene rings is 1. The van der Waals surface area contributed by atoms with Gasteiger partial charge in [-0.05, 0) is 18.1 Å². The van der Waals surface area contributed by atoms with Gasteiger partial charge in [-0.15, -0.1) is 0 Å². The smallest absolute Gasteiger partial charge is 0.226 e. The second-order valence-electron chi connectivity index (χ2n) is 7.19. The average Bonchev–Trinajstić information content (AvgIpc) is 3.16. The highest BCUT2D eigenvalue weighted by Crippen LogP contribution is 2.25. The van der Waals surface area contributed by atoms with Crippen molar-refractivity contribution in [1.29, 1.82) is 0 Å². The van der Waals surface area contributed by atoms with E-state index in [1.807, 2.05) is 24.5 Å². The first-order chi connectivity index (χ1) is 12.7. The molecular weight excluding hydrogens is 328 g/mol. The predicted molar refractivity (Wildman–Crippen MR) is 100.0 cm³/mol. The Morgan fingerprint density at radius 1 is 1.27 bits per heavy atom. The quantitative estimate of drug-likeness (QED) is 0.842. The van der Waals surface area contributed by atoms with E-state index >= 15 is 0 Å². The lowest BCUT2D eigenvalue weighted by Crippen LogP contribution is -2.38. The number of ether oxygens (including phenoxy) is 1. The Morgan fingerprint density at radius 3 is 2.92 bits per heavy atom. The van der Waals surface area contributed by atoms with Crippen molar-refractivity contribution in [2.75, 3.05) is 38.3 Å². The largest absolute Gasteiger partial charge is 0.378 e. The Hall–Kier alpha value is -2.34. The van der Waals surface area contributed by atoms with Crippen molar-refractivity contribution in [2.24, 2.45) is 5.92 Å². The molecule has 26 heavy (non-hydrogen) atoms. The summed E-state index contributed by atoms with van der Waals surface area (Å²) in [5.41, 5.74) is 3.58. The second kappa shape index (κ2) is 7.50. The molecule has 2 aromatic rings. The van der Waals surface area contributed by atoms with Crippen LogP contribution >= 0.6 is 0 Å². The topological polar surface area (TPSA) is 50.6 Å². The van der Waals surface area contributed by atoms with E-state index in [2.05, 4.69) is 38.7 Å². The van der Waals surface area contributed by atoms with E-state index in [0.29, 0.717) is 6.54 Å². The number of fused-ring (bicyclic) bond motifs is 1. The Balaban J connectivity index is 1.45. The molecule has 138 valence electrons. The number of carbonyl (C=O) groups excluding carboxylic acids is 1. The van der Waals surface area contributed by atoms with Gasteiger partial charge in [0.25, 0.3) is 0 Å². The van der Waals surface area contributed by atoms with Gasteiger partial charge < -0.3 is 19.1 Å². The van der Waals surface area contributed by atoms with Gasteiger partial charge in [-0.25, -0.2) is 4.98 Å². The molecule has 6 heteroatoms. The van der Waals surface area contributed by atoms with Gasteiger partial charge in [-0.1, -0.05) is 18.2 Å². The summed E-state index contributed by atoms with van der Waals surface area (Å²) in [6.45, 7) is 4.85. The lowest BCUT2D eigenvalue weighted by atomic mass is 9.94. The number of imidazole rings is 1. The molecule has 3 heterocycles. The van der Waals surface area contributed by atoms with Crippen LogP contribution in [-0.2, 0) is 29.0 Å². The number of amides is 1. The van der Waals surface area contributed by atoms with Gasteiger partial charge in [-0.2, -0.15) is 0 Å². The molecule has 1 atom stereocenters. The van der Waals surface area contributed by atoms with Crippen LogP contribution in [-0.4, -0.2) is 53.7 Å². The lowest BCUT2D eigenvalue weighted by molar-refractivity contribution is -0.135. The molecule has 0 saturated carbocycles. The fourth-order valence-electron chi connectivity index (χ4n) is 3.98. The lowest BCUT2D eigenvalue weighted by Gasteiger charge is -2.32. The molecule has 2 aliphatic rings. The van der Waals surface area contributed by atoms with Gasteiger partial charge in [0, 0.05) is 63.1 Å². The van der Waals surface area contributed by atoms with Crippen molar-refractivity contribution < 1.29 is 9.53 Å². The maximum Gasteiger partial charge on any atom is 0.226 e. The van der Waals surface area contributed by atoms with Crippen LogP contribution in [0.2, 0.25) is 0 Å². The van der Waals surface area contributed by atoms with E-state index in [9.17, 15) is 4.79 Å². The minimum Gasteiger partial charge on any atom is -0.378 e. The first-order valence-electron chi connectivity index (χ1n) is 9.37. The Kier molecular flexibility index (Phi) is 4.93. The molecule has 1 fully saturated rings. The van der Waals surface area contributed by atoms with Crippen molar-refractivity contribution in [3.05, 3.63) is 48.0 Å². The monoisotopic (exact) mass is 354 g/mol. The predicted octanol–water partition coefficient (Wildman–Crippen LogP) is 1.94. The van der Waals surface area contributed by atoms with Crippen LogP contribution in [0.25, 0.3) is 0 Å². The summed E-state index contributed by atoms with van der Waals surface area (Å²) in [5.74, 6) is 0.286. The third-order valence-electron chi connectivity index (χ3n) is 5.45. The number of carbonyl (C=O) groups is 1. The maximum atomic E-state index is 13.0. The molecular formula is C20H26N4O2. The molecule has 6 nitrogen and oxygen atoms in total. The number of aryl methyl sites for hydroxylation is 1.